The van der Waals surface area contributed by atoms with Gasteiger partial charge in [0.15, 0.2) is 0 Å². The molecule has 0 unspecified atom stereocenters. The van der Waals surface area contributed by atoms with E-state index in [2.05, 4.69) is 61.4 Å². The first kappa shape index (κ1) is 23.7. The van der Waals surface area contributed by atoms with Crippen LogP contribution >= 0.6 is 57.1 Å². The Morgan fingerprint density at radius 2 is 1.59 bits per heavy atom. The monoisotopic (exact) mass is 514 g/mol. The van der Waals surface area contributed by atoms with Crippen LogP contribution in [0.15, 0.2) is 59.8 Å². The Morgan fingerprint density at radius 3 is 2.19 bits per heavy atom. The standard InChI is InChI=1S/C25H26N2S5/c1-3-18(28-4-2)22-14-16(9-11-26)24(31-22)20-7-8-21(30-20)25-17(10-12-27)15-23(32-25)19-6-5-13-29-19/h3-8,13-15H,2,9-12,26-27H2,1H3/b18-3-. The van der Waals surface area contributed by atoms with Gasteiger partial charge >= 0.3 is 0 Å². The van der Waals surface area contributed by atoms with Gasteiger partial charge in [0.2, 0.25) is 0 Å². The molecule has 0 saturated heterocycles. The van der Waals surface area contributed by atoms with Crippen molar-refractivity contribution in [2.75, 3.05) is 13.1 Å². The van der Waals surface area contributed by atoms with Gasteiger partial charge in [0.05, 0.1) is 0 Å². The molecule has 0 aliphatic heterocycles. The van der Waals surface area contributed by atoms with Gasteiger partial charge in [-0.1, -0.05) is 30.5 Å². The van der Waals surface area contributed by atoms with Crippen molar-refractivity contribution in [2.24, 2.45) is 11.5 Å². The number of hydrogen-bond donors (Lipinski definition) is 2. The van der Waals surface area contributed by atoms with Gasteiger partial charge in [-0.2, -0.15) is 0 Å². The third kappa shape index (κ3) is 5.04. The largest absolute Gasteiger partial charge is 0.330 e. The Kier molecular flexibility index (Phi) is 8.23. The van der Waals surface area contributed by atoms with E-state index >= 15 is 0 Å². The van der Waals surface area contributed by atoms with Gasteiger partial charge in [0.1, 0.15) is 0 Å². The quantitative estimate of drug-likeness (QED) is 0.224. The Hall–Kier alpha value is -1.45. The highest BCUT2D eigenvalue weighted by Crippen LogP contribution is 2.47. The van der Waals surface area contributed by atoms with E-state index in [-0.39, 0.29) is 0 Å². The molecule has 4 aromatic rings. The van der Waals surface area contributed by atoms with E-state index in [1.54, 1.807) is 23.1 Å². The van der Waals surface area contributed by atoms with Crippen molar-refractivity contribution in [3.8, 4) is 29.3 Å². The number of rotatable bonds is 10. The second-order valence-corrected chi connectivity index (χ2v) is 12.2. The van der Waals surface area contributed by atoms with Crippen molar-refractivity contribution in [3.05, 3.63) is 75.8 Å². The zero-order valence-corrected chi connectivity index (χ0v) is 22.0. The highest BCUT2D eigenvalue weighted by molar-refractivity contribution is 8.11. The van der Waals surface area contributed by atoms with Gasteiger partial charge in [-0.15, -0.1) is 45.3 Å². The zero-order chi connectivity index (χ0) is 22.5. The van der Waals surface area contributed by atoms with Gasteiger partial charge in [0.25, 0.3) is 0 Å². The van der Waals surface area contributed by atoms with Gasteiger partial charge < -0.3 is 11.5 Å². The van der Waals surface area contributed by atoms with Crippen LogP contribution in [0.5, 0.6) is 0 Å². The minimum atomic E-state index is 0.650. The lowest BCUT2D eigenvalue weighted by Crippen LogP contribution is -2.02. The molecule has 0 atom stereocenters. The van der Waals surface area contributed by atoms with Gasteiger partial charge in [-0.05, 0) is 85.1 Å². The fourth-order valence-electron chi connectivity index (χ4n) is 3.56. The van der Waals surface area contributed by atoms with Crippen LogP contribution in [-0.2, 0) is 12.8 Å². The average Bonchev–Trinajstić information content (AvgIpc) is 3.58. The summed E-state index contributed by atoms with van der Waals surface area (Å²) in [5.41, 5.74) is 14.6. The fraction of sp³-hybridized carbons (Fsp3) is 0.200. The predicted octanol–water partition coefficient (Wildman–Crippen LogP) is 8.17. The summed E-state index contributed by atoms with van der Waals surface area (Å²) < 4.78 is 0. The maximum Gasteiger partial charge on any atom is 0.0482 e. The molecule has 0 aliphatic rings. The summed E-state index contributed by atoms with van der Waals surface area (Å²) in [5.74, 6) is 0. The minimum absolute atomic E-state index is 0.650. The highest BCUT2D eigenvalue weighted by atomic mass is 32.2. The minimum Gasteiger partial charge on any atom is -0.330 e. The van der Waals surface area contributed by atoms with Crippen molar-refractivity contribution < 1.29 is 0 Å². The molecule has 0 saturated carbocycles. The first-order valence-electron chi connectivity index (χ1n) is 10.4. The Bertz CT molecular complexity index is 1210. The average molecular weight is 515 g/mol. The molecule has 4 N–H and O–H groups in total. The lowest BCUT2D eigenvalue weighted by atomic mass is 10.1. The summed E-state index contributed by atoms with van der Waals surface area (Å²) in [4.78, 5) is 10.5. The highest BCUT2D eigenvalue weighted by Gasteiger charge is 2.18. The summed E-state index contributed by atoms with van der Waals surface area (Å²) in [6, 6.07) is 13.5. The van der Waals surface area contributed by atoms with Crippen LogP contribution in [0.3, 0.4) is 0 Å². The fourth-order valence-corrected chi connectivity index (χ4v) is 8.83. The zero-order valence-electron chi connectivity index (χ0n) is 17.9. The molecule has 0 amide bonds. The summed E-state index contributed by atoms with van der Waals surface area (Å²) in [7, 11) is 0. The maximum atomic E-state index is 5.95. The normalized spacial score (nSPS) is 11.9. The molecule has 4 heterocycles. The van der Waals surface area contributed by atoms with Gasteiger partial charge in [0, 0.05) is 39.0 Å². The summed E-state index contributed by atoms with van der Waals surface area (Å²) in [6.45, 7) is 7.27. The van der Waals surface area contributed by atoms with Gasteiger partial charge in [-0.25, -0.2) is 0 Å². The van der Waals surface area contributed by atoms with Crippen molar-refractivity contribution >= 4 is 62.0 Å². The summed E-state index contributed by atoms with van der Waals surface area (Å²) in [5, 5.41) is 4.03. The molecule has 0 bridgehead atoms. The molecule has 0 radical (unpaired) electrons. The molecule has 32 heavy (non-hydrogen) atoms. The molecule has 4 rings (SSSR count). The van der Waals surface area contributed by atoms with Crippen molar-refractivity contribution in [1.29, 1.82) is 0 Å². The number of hydrogen-bond acceptors (Lipinski definition) is 7. The van der Waals surface area contributed by atoms with Crippen LogP contribution in [0, 0.1) is 0 Å². The first-order valence-corrected chi connectivity index (χ1v) is 14.6. The third-order valence-electron chi connectivity index (χ3n) is 4.98. The van der Waals surface area contributed by atoms with E-state index in [0.29, 0.717) is 13.1 Å². The van der Waals surface area contributed by atoms with Crippen LogP contribution in [0.1, 0.15) is 22.9 Å². The maximum absolute atomic E-state index is 5.95. The van der Waals surface area contributed by atoms with Crippen molar-refractivity contribution in [2.45, 2.75) is 19.8 Å². The van der Waals surface area contributed by atoms with E-state index in [0.717, 1.165) is 12.8 Å². The smallest absolute Gasteiger partial charge is 0.0482 e. The van der Waals surface area contributed by atoms with E-state index < -0.39 is 0 Å². The van der Waals surface area contributed by atoms with Crippen LogP contribution in [0.4, 0.5) is 0 Å². The van der Waals surface area contributed by atoms with Crippen LogP contribution in [0.2, 0.25) is 0 Å². The molecular formula is C25H26N2S5. The number of thiophene rings is 4. The van der Waals surface area contributed by atoms with E-state index in [1.165, 1.54) is 50.2 Å². The summed E-state index contributed by atoms with van der Waals surface area (Å²) in [6.07, 6.45) is 3.94. The molecule has 4 aromatic heterocycles. The predicted molar refractivity (Wildman–Crippen MR) is 151 cm³/mol. The second-order valence-electron chi connectivity index (χ2n) is 7.09. The SMILES string of the molecule is C=CS/C(=C\C)c1cc(CCN)c(-c2ccc(-c3sc(-c4cccs4)cc3CCN)s2)s1. The summed E-state index contributed by atoms with van der Waals surface area (Å²) >= 11 is 9.07. The molecule has 0 fully saturated rings. The Balaban J connectivity index is 1.73. The van der Waals surface area contributed by atoms with E-state index in [1.807, 2.05) is 39.4 Å². The number of thioether (sulfide) groups is 1. The molecule has 0 aliphatic carbocycles. The lowest BCUT2D eigenvalue weighted by Gasteiger charge is -2.00. The van der Waals surface area contributed by atoms with Crippen molar-refractivity contribution in [3.63, 3.8) is 0 Å². The first-order chi connectivity index (χ1) is 15.7. The second kappa shape index (κ2) is 11.1. The molecule has 0 spiro atoms. The van der Waals surface area contributed by atoms with Crippen molar-refractivity contribution in [1.82, 2.24) is 0 Å². The van der Waals surface area contributed by atoms with E-state index in [4.69, 9.17) is 11.5 Å². The molecular weight excluding hydrogens is 489 g/mol. The van der Waals surface area contributed by atoms with Crippen LogP contribution in [0.25, 0.3) is 34.2 Å². The lowest BCUT2D eigenvalue weighted by molar-refractivity contribution is 0.976. The van der Waals surface area contributed by atoms with E-state index in [9.17, 15) is 0 Å². The molecule has 0 aromatic carbocycles. The number of nitrogens with two attached hydrogens (primary N) is 2. The molecule has 166 valence electrons. The number of allylic oxidation sites excluding steroid dienone is 1. The van der Waals surface area contributed by atoms with Crippen LogP contribution < -0.4 is 11.5 Å². The van der Waals surface area contributed by atoms with Crippen LogP contribution in [-0.4, -0.2) is 13.1 Å². The molecule has 2 nitrogen and oxygen atoms in total. The topological polar surface area (TPSA) is 52.0 Å². The Labute approximate surface area is 210 Å². The van der Waals surface area contributed by atoms with Gasteiger partial charge in [-0.3, -0.25) is 0 Å². The Morgan fingerprint density at radius 1 is 0.906 bits per heavy atom. The molecule has 7 heteroatoms. The third-order valence-corrected chi connectivity index (χ3v) is 10.9.